The van der Waals surface area contributed by atoms with Crippen molar-refractivity contribution in [1.82, 2.24) is 0 Å². The smallest absolute Gasteiger partial charge is 0.147 e. The Hall–Kier alpha value is -0.0900. The van der Waals surface area contributed by atoms with Crippen LogP contribution in [0.3, 0.4) is 0 Å². The zero-order valence-corrected chi connectivity index (χ0v) is 9.81. The Morgan fingerprint density at radius 3 is 2.57 bits per heavy atom. The van der Waals surface area contributed by atoms with Crippen LogP contribution in [0.15, 0.2) is 0 Å². The van der Waals surface area contributed by atoms with Crippen molar-refractivity contribution >= 4 is 9.84 Å². The van der Waals surface area contributed by atoms with Gasteiger partial charge in [0, 0.05) is 6.26 Å². The molecule has 4 heteroatoms. The molecule has 0 heterocycles. The highest BCUT2D eigenvalue weighted by Crippen LogP contribution is 2.38. The predicted octanol–water partition coefficient (Wildman–Crippen LogP) is 1.36. The van der Waals surface area contributed by atoms with Crippen LogP contribution < -0.4 is 0 Å². The topological polar surface area (TPSA) is 54.4 Å². The lowest BCUT2D eigenvalue weighted by Gasteiger charge is -2.22. The van der Waals surface area contributed by atoms with Crippen molar-refractivity contribution in [3.63, 3.8) is 0 Å². The summed E-state index contributed by atoms with van der Waals surface area (Å²) in [5.74, 6) is 0.694. The van der Waals surface area contributed by atoms with Crippen molar-refractivity contribution in [2.24, 2.45) is 5.92 Å². The highest BCUT2D eigenvalue weighted by Gasteiger charge is 2.36. The first kappa shape index (κ1) is 12.0. The summed E-state index contributed by atoms with van der Waals surface area (Å²) in [4.78, 5) is 0. The molecule has 1 aliphatic rings. The Bertz CT molecular complexity index is 284. The van der Waals surface area contributed by atoms with E-state index in [2.05, 4.69) is 6.92 Å². The maximum absolute atomic E-state index is 11.0. The molecule has 3 nitrogen and oxygen atoms in total. The molecule has 2 unspecified atom stereocenters. The fourth-order valence-electron chi connectivity index (χ4n) is 2.17. The lowest BCUT2D eigenvalue weighted by Crippen LogP contribution is -2.28. The quantitative estimate of drug-likeness (QED) is 0.778. The number of hydrogen-bond acceptors (Lipinski definition) is 3. The second kappa shape index (κ2) is 4.19. The molecule has 0 aromatic heterocycles. The van der Waals surface area contributed by atoms with E-state index >= 15 is 0 Å². The Kier molecular flexibility index (Phi) is 3.58. The van der Waals surface area contributed by atoms with Gasteiger partial charge in [0.15, 0.2) is 0 Å². The Labute approximate surface area is 86.4 Å². The van der Waals surface area contributed by atoms with Gasteiger partial charge in [-0.1, -0.05) is 13.3 Å². The first-order valence-corrected chi connectivity index (χ1v) is 7.31. The molecule has 1 fully saturated rings. The van der Waals surface area contributed by atoms with Crippen LogP contribution in [0.4, 0.5) is 0 Å². The number of hydrogen-bond donors (Lipinski definition) is 1. The van der Waals surface area contributed by atoms with Crippen molar-refractivity contribution in [1.29, 1.82) is 0 Å². The third kappa shape index (κ3) is 3.58. The van der Waals surface area contributed by atoms with E-state index in [1.54, 1.807) is 0 Å². The molecule has 14 heavy (non-hydrogen) atoms. The Balaban J connectivity index is 2.45. The molecule has 0 aromatic carbocycles. The van der Waals surface area contributed by atoms with Crippen molar-refractivity contribution in [3.8, 4) is 0 Å². The van der Waals surface area contributed by atoms with Gasteiger partial charge >= 0.3 is 0 Å². The summed E-state index contributed by atoms with van der Waals surface area (Å²) in [5.41, 5.74) is -0.705. The highest BCUT2D eigenvalue weighted by atomic mass is 32.2. The summed E-state index contributed by atoms with van der Waals surface area (Å²) in [6.07, 6.45) is 5.29. The van der Waals surface area contributed by atoms with Crippen LogP contribution >= 0.6 is 0 Å². The first-order chi connectivity index (χ1) is 6.35. The van der Waals surface area contributed by atoms with Crippen LogP contribution in [0.1, 0.15) is 39.0 Å². The van der Waals surface area contributed by atoms with E-state index in [-0.39, 0.29) is 5.75 Å². The zero-order valence-electron chi connectivity index (χ0n) is 8.99. The van der Waals surface area contributed by atoms with Gasteiger partial charge < -0.3 is 5.11 Å². The highest BCUT2D eigenvalue weighted by molar-refractivity contribution is 7.90. The SMILES string of the molecule is CCC1CCC(O)(CCS(C)(=O)=O)C1. The van der Waals surface area contributed by atoms with Crippen LogP contribution in [0.5, 0.6) is 0 Å². The molecule has 0 amide bonds. The van der Waals surface area contributed by atoms with Gasteiger partial charge in [0.05, 0.1) is 11.4 Å². The normalized spacial score (nSPS) is 33.5. The van der Waals surface area contributed by atoms with E-state index < -0.39 is 15.4 Å². The lowest BCUT2D eigenvalue weighted by molar-refractivity contribution is 0.0402. The van der Waals surface area contributed by atoms with Gasteiger partial charge in [0.25, 0.3) is 0 Å². The summed E-state index contributed by atoms with van der Waals surface area (Å²) in [6, 6.07) is 0. The van der Waals surface area contributed by atoms with E-state index in [0.29, 0.717) is 12.3 Å². The molecule has 1 aliphatic carbocycles. The maximum atomic E-state index is 11.0. The van der Waals surface area contributed by atoms with Crippen molar-refractivity contribution in [2.45, 2.75) is 44.6 Å². The van der Waals surface area contributed by atoms with Gasteiger partial charge in [-0.3, -0.25) is 0 Å². The van der Waals surface area contributed by atoms with Gasteiger partial charge in [0.2, 0.25) is 0 Å². The fourth-order valence-corrected chi connectivity index (χ4v) is 2.92. The number of rotatable bonds is 4. The summed E-state index contributed by atoms with van der Waals surface area (Å²) < 4.78 is 21.9. The van der Waals surface area contributed by atoms with E-state index in [9.17, 15) is 13.5 Å². The predicted molar refractivity (Wildman–Crippen MR) is 56.9 cm³/mol. The van der Waals surface area contributed by atoms with Crippen LogP contribution in [-0.4, -0.2) is 31.1 Å². The summed E-state index contributed by atoms with van der Waals surface area (Å²) in [7, 11) is -2.93. The minimum atomic E-state index is -2.93. The molecule has 0 radical (unpaired) electrons. The van der Waals surface area contributed by atoms with Crippen LogP contribution in [0.2, 0.25) is 0 Å². The van der Waals surface area contributed by atoms with E-state index in [1.165, 1.54) is 6.26 Å². The molecular formula is C10H20O3S. The molecular weight excluding hydrogens is 200 g/mol. The standard InChI is InChI=1S/C10H20O3S/c1-3-9-4-5-10(11,8-9)6-7-14(2,12)13/h9,11H,3-8H2,1-2H3. The maximum Gasteiger partial charge on any atom is 0.147 e. The van der Waals surface area contributed by atoms with Gasteiger partial charge in [-0.2, -0.15) is 0 Å². The molecule has 0 saturated heterocycles. The third-order valence-electron chi connectivity index (χ3n) is 3.20. The van der Waals surface area contributed by atoms with Gasteiger partial charge in [-0.05, 0) is 31.6 Å². The molecule has 0 aromatic rings. The molecule has 0 bridgehead atoms. The summed E-state index contributed by atoms with van der Waals surface area (Å²) in [5, 5.41) is 10.1. The minimum Gasteiger partial charge on any atom is -0.390 e. The number of aliphatic hydroxyl groups is 1. The average Bonchev–Trinajstić information content (AvgIpc) is 2.44. The second-order valence-electron chi connectivity index (χ2n) is 4.62. The molecule has 0 spiro atoms. The van der Waals surface area contributed by atoms with Gasteiger partial charge in [-0.25, -0.2) is 8.42 Å². The van der Waals surface area contributed by atoms with Crippen LogP contribution in [0, 0.1) is 5.92 Å². The van der Waals surface area contributed by atoms with E-state index in [0.717, 1.165) is 25.7 Å². The summed E-state index contributed by atoms with van der Waals surface area (Å²) in [6.45, 7) is 2.12. The molecule has 1 rings (SSSR count). The molecule has 1 N–H and O–H groups in total. The lowest BCUT2D eigenvalue weighted by atomic mass is 9.96. The van der Waals surface area contributed by atoms with Crippen molar-refractivity contribution in [3.05, 3.63) is 0 Å². The second-order valence-corrected chi connectivity index (χ2v) is 6.88. The molecule has 0 aliphatic heterocycles. The minimum absolute atomic E-state index is 0.111. The Morgan fingerprint density at radius 2 is 2.14 bits per heavy atom. The monoisotopic (exact) mass is 220 g/mol. The van der Waals surface area contributed by atoms with Crippen molar-refractivity contribution < 1.29 is 13.5 Å². The number of sulfone groups is 1. The summed E-state index contributed by atoms with van der Waals surface area (Å²) >= 11 is 0. The zero-order chi connectivity index (χ0) is 10.8. The van der Waals surface area contributed by atoms with Crippen LogP contribution in [0.25, 0.3) is 0 Å². The van der Waals surface area contributed by atoms with Crippen molar-refractivity contribution in [2.75, 3.05) is 12.0 Å². The first-order valence-electron chi connectivity index (χ1n) is 5.25. The van der Waals surface area contributed by atoms with Gasteiger partial charge in [0.1, 0.15) is 9.84 Å². The van der Waals surface area contributed by atoms with E-state index in [4.69, 9.17) is 0 Å². The molecule has 2 atom stereocenters. The van der Waals surface area contributed by atoms with E-state index in [1.807, 2.05) is 0 Å². The molecule has 1 saturated carbocycles. The fraction of sp³-hybridized carbons (Fsp3) is 1.00. The van der Waals surface area contributed by atoms with Gasteiger partial charge in [-0.15, -0.1) is 0 Å². The largest absolute Gasteiger partial charge is 0.390 e. The molecule has 84 valence electrons. The van der Waals surface area contributed by atoms with Crippen LogP contribution in [-0.2, 0) is 9.84 Å². The third-order valence-corrected chi connectivity index (χ3v) is 4.15. The average molecular weight is 220 g/mol. The Morgan fingerprint density at radius 1 is 1.50 bits per heavy atom.